The molecule has 1 heterocycles. The summed E-state index contributed by atoms with van der Waals surface area (Å²) in [5.41, 5.74) is -6.53. The summed E-state index contributed by atoms with van der Waals surface area (Å²) in [5, 5.41) is 0. The van der Waals surface area contributed by atoms with Gasteiger partial charge in [-0.2, -0.15) is 0 Å². The van der Waals surface area contributed by atoms with Crippen molar-refractivity contribution in [2.24, 2.45) is 40.9 Å². The number of Topliss-reactive ketones (excluding diaryl/α,β-unsaturated/α-hetero) is 1. The van der Waals surface area contributed by atoms with E-state index in [9.17, 15) is 28.8 Å². The monoisotopic (exact) mass is 692 g/mol. The average Bonchev–Trinajstić information content (AvgIpc) is 3.40. The van der Waals surface area contributed by atoms with Crippen molar-refractivity contribution >= 4 is 41.6 Å². The standard InChI is InChI=1S/C35H48O14/c1-11-22(40)46-25-16(4)12-35(49-20(8)39)24(25)29(44-17(5)36)34-14-43-33(10,31(35)45-18(6)37)27(34)23-21(13-32(23,9)48-19(7)38)26(28(34)41)47-30(42)15(2)3/h15-16,21,23-27,29,31H,11-14H2,1-10H3/t16-,21-,23+,24-,25+,26-,27+,29-,31+,32+,33-,34+,35-/m1/s1. The molecule has 0 amide bonds. The average molecular weight is 693 g/mol. The zero-order chi connectivity index (χ0) is 36.6. The minimum absolute atomic E-state index is 0.00659. The second kappa shape index (κ2) is 12.3. The molecule has 5 rings (SSSR count). The van der Waals surface area contributed by atoms with Crippen LogP contribution in [0.4, 0.5) is 0 Å². The highest BCUT2D eigenvalue weighted by Crippen LogP contribution is 2.73. The van der Waals surface area contributed by atoms with Gasteiger partial charge in [0.05, 0.1) is 23.9 Å². The molecule has 4 saturated carbocycles. The Labute approximate surface area is 285 Å². The topological polar surface area (TPSA) is 184 Å². The first-order valence-electron chi connectivity index (χ1n) is 17.0. The van der Waals surface area contributed by atoms with Gasteiger partial charge in [-0.25, -0.2) is 0 Å². The zero-order valence-electron chi connectivity index (χ0n) is 29.8. The summed E-state index contributed by atoms with van der Waals surface area (Å²) in [7, 11) is 0. The number of esters is 6. The fraction of sp³-hybridized carbons (Fsp3) is 0.800. The van der Waals surface area contributed by atoms with Crippen molar-refractivity contribution < 1.29 is 66.7 Å². The molecule has 0 radical (unpaired) electrons. The van der Waals surface area contributed by atoms with Crippen molar-refractivity contribution in [1.29, 1.82) is 0 Å². The molecular weight excluding hydrogens is 644 g/mol. The second-order valence-corrected chi connectivity index (χ2v) is 15.3. The second-order valence-electron chi connectivity index (χ2n) is 15.3. The van der Waals surface area contributed by atoms with Crippen molar-refractivity contribution in [3.05, 3.63) is 0 Å². The highest BCUT2D eigenvalue weighted by molar-refractivity contribution is 5.95. The summed E-state index contributed by atoms with van der Waals surface area (Å²) in [4.78, 5) is 93.2. The van der Waals surface area contributed by atoms with Gasteiger partial charge < -0.3 is 33.2 Å². The molecule has 1 saturated heterocycles. The molecule has 13 atom stereocenters. The van der Waals surface area contributed by atoms with Crippen LogP contribution in [-0.2, 0) is 66.7 Å². The molecule has 0 aromatic rings. The lowest BCUT2D eigenvalue weighted by atomic mass is 9.42. The van der Waals surface area contributed by atoms with Gasteiger partial charge in [-0.1, -0.05) is 27.7 Å². The molecule has 14 nitrogen and oxygen atoms in total. The van der Waals surface area contributed by atoms with Gasteiger partial charge in [0.15, 0.2) is 23.6 Å². The Morgan fingerprint density at radius 1 is 0.837 bits per heavy atom. The van der Waals surface area contributed by atoms with Crippen molar-refractivity contribution in [3.8, 4) is 0 Å². The maximum Gasteiger partial charge on any atom is 0.309 e. The summed E-state index contributed by atoms with van der Waals surface area (Å²) >= 11 is 0. The van der Waals surface area contributed by atoms with Crippen LogP contribution in [0.2, 0.25) is 0 Å². The Balaban J connectivity index is 1.88. The molecule has 5 fully saturated rings. The van der Waals surface area contributed by atoms with E-state index in [1.807, 2.05) is 0 Å². The number of fused-ring (bicyclic) bond motifs is 2. The SMILES string of the molecule is CCC(=O)O[C@@H]1[C@@H]2[C@@H](OC(C)=O)[C@@]34CO[C@@](C)([C@H](OC(C)=O)[C@@]2(OC(C)=O)C[C@H]1C)[C@@H]3[C@@H]1[C@@H](C[C@]1(C)OC(C)=O)[C@@H](OC(=O)C(C)C)C4=O. The Bertz CT molecular complexity index is 1450. The van der Waals surface area contributed by atoms with Crippen molar-refractivity contribution in [1.82, 2.24) is 0 Å². The molecule has 1 aliphatic heterocycles. The van der Waals surface area contributed by atoms with E-state index in [0.717, 1.165) is 6.92 Å². The van der Waals surface area contributed by atoms with Gasteiger partial charge in [0, 0.05) is 51.9 Å². The summed E-state index contributed by atoms with van der Waals surface area (Å²) in [6.07, 6.45) is -5.24. The fourth-order valence-corrected chi connectivity index (χ4v) is 10.2. The van der Waals surface area contributed by atoms with Gasteiger partial charge in [-0.3, -0.25) is 33.6 Å². The van der Waals surface area contributed by atoms with Gasteiger partial charge in [0.25, 0.3) is 0 Å². The number of hydrogen-bond acceptors (Lipinski definition) is 14. The van der Waals surface area contributed by atoms with E-state index < -0.39 is 124 Å². The van der Waals surface area contributed by atoms with Gasteiger partial charge in [-0.05, 0) is 32.6 Å². The maximum atomic E-state index is 15.3. The molecule has 0 N–H and O–H groups in total. The maximum absolute atomic E-state index is 15.3. The third-order valence-corrected chi connectivity index (χ3v) is 11.5. The molecule has 0 spiro atoms. The smallest absolute Gasteiger partial charge is 0.309 e. The Morgan fingerprint density at radius 3 is 1.98 bits per heavy atom. The van der Waals surface area contributed by atoms with Crippen LogP contribution in [0.25, 0.3) is 0 Å². The molecule has 4 aliphatic carbocycles. The first-order chi connectivity index (χ1) is 22.7. The normalized spacial score (nSPS) is 43.1. The van der Waals surface area contributed by atoms with Crippen LogP contribution >= 0.6 is 0 Å². The lowest BCUT2D eigenvalue weighted by molar-refractivity contribution is -0.261. The number of ketones is 1. The van der Waals surface area contributed by atoms with Gasteiger partial charge in [0.1, 0.15) is 23.4 Å². The summed E-state index contributed by atoms with van der Waals surface area (Å²) in [6.45, 7) is 14.4. The van der Waals surface area contributed by atoms with Crippen LogP contribution in [0.1, 0.15) is 88.5 Å². The predicted octanol–water partition coefficient (Wildman–Crippen LogP) is 2.64. The number of carbonyl (C=O) groups is 7. The molecule has 0 unspecified atom stereocenters. The number of carbonyl (C=O) groups excluding carboxylic acids is 7. The summed E-state index contributed by atoms with van der Waals surface area (Å²) < 4.78 is 43.1. The van der Waals surface area contributed by atoms with Gasteiger partial charge >= 0.3 is 35.8 Å². The van der Waals surface area contributed by atoms with Crippen LogP contribution in [0, 0.1) is 40.9 Å². The van der Waals surface area contributed by atoms with Crippen LogP contribution in [0.15, 0.2) is 0 Å². The summed E-state index contributed by atoms with van der Waals surface area (Å²) in [5.74, 6) is -9.53. The van der Waals surface area contributed by atoms with E-state index in [1.54, 1.807) is 41.5 Å². The Hall–Kier alpha value is -3.55. The third-order valence-electron chi connectivity index (χ3n) is 11.5. The number of hydrogen-bond donors (Lipinski definition) is 0. The lowest BCUT2D eigenvalue weighted by Gasteiger charge is -2.64. The molecule has 49 heavy (non-hydrogen) atoms. The molecule has 272 valence electrons. The minimum Gasteiger partial charge on any atom is -0.461 e. The zero-order valence-corrected chi connectivity index (χ0v) is 29.8. The molecule has 0 aromatic carbocycles. The van der Waals surface area contributed by atoms with Gasteiger partial charge in [-0.15, -0.1) is 0 Å². The fourth-order valence-electron chi connectivity index (χ4n) is 10.2. The van der Waals surface area contributed by atoms with Crippen LogP contribution in [0.3, 0.4) is 0 Å². The predicted molar refractivity (Wildman–Crippen MR) is 165 cm³/mol. The molecule has 5 aliphatic rings. The first kappa shape index (κ1) is 36.7. The van der Waals surface area contributed by atoms with E-state index in [0.29, 0.717) is 0 Å². The Kier molecular flexibility index (Phi) is 9.25. The quantitative estimate of drug-likeness (QED) is 0.267. The van der Waals surface area contributed by atoms with Gasteiger partial charge in [0.2, 0.25) is 0 Å². The van der Waals surface area contributed by atoms with Crippen LogP contribution in [0.5, 0.6) is 0 Å². The van der Waals surface area contributed by atoms with E-state index in [-0.39, 0.29) is 25.9 Å². The molecular formula is C35H48O14. The highest BCUT2D eigenvalue weighted by atomic mass is 16.6. The molecule has 14 heteroatoms. The van der Waals surface area contributed by atoms with E-state index in [4.69, 9.17) is 33.2 Å². The highest BCUT2D eigenvalue weighted by Gasteiger charge is 2.86. The van der Waals surface area contributed by atoms with Crippen molar-refractivity contribution in [3.63, 3.8) is 0 Å². The van der Waals surface area contributed by atoms with E-state index in [1.165, 1.54) is 20.8 Å². The first-order valence-corrected chi connectivity index (χ1v) is 17.0. The summed E-state index contributed by atoms with van der Waals surface area (Å²) in [6, 6.07) is 0. The van der Waals surface area contributed by atoms with Crippen molar-refractivity contribution in [2.75, 3.05) is 6.61 Å². The number of rotatable bonds is 8. The van der Waals surface area contributed by atoms with E-state index in [2.05, 4.69) is 0 Å². The lowest BCUT2D eigenvalue weighted by Crippen LogP contribution is -2.75. The largest absolute Gasteiger partial charge is 0.461 e. The van der Waals surface area contributed by atoms with Crippen molar-refractivity contribution in [2.45, 2.75) is 130 Å². The van der Waals surface area contributed by atoms with Crippen LogP contribution in [-0.4, -0.2) is 89.4 Å². The molecule has 0 aromatic heterocycles. The van der Waals surface area contributed by atoms with E-state index >= 15 is 4.79 Å². The minimum atomic E-state index is -1.84. The number of ether oxygens (including phenoxy) is 7. The van der Waals surface area contributed by atoms with Crippen LogP contribution < -0.4 is 0 Å². The Morgan fingerprint density at radius 2 is 1.45 bits per heavy atom. The molecule has 2 bridgehead atoms. The third kappa shape index (κ3) is 5.43.